The molecule has 2 heterocycles. The fraction of sp³-hybridized carbons (Fsp3) is 0.312. The molecule has 1 aromatic carbocycles. The first kappa shape index (κ1) is 13.1. The molecule has 6 heteroatoms. The number of carbonyl (C=O) groups excluding carboxylic acids is 1. The third kappa shape index (κ3) is 1.91. The van der Waals surface area contributed by atoms with Crippen LogP contribution < -0.4 is 10.1 Å². The summed E-state index contributed by atoms with van der Waals surface area (Å²) in [5.74, 6) is 1.44. The number of ether oxygens (including phenoxy) is 1. The van der Waals surface area contributed by atoms with E-state index in [0.29, 0.717) is 12.4 Å². The maximum atomic E-state index is 12.5. The molecule has 2 aromatic rings. The molecule has 1 aliphatic heterocycles. The van der Waals surface area contributed by atoms with Gasteiger partial charge < -0.3 is 10.1 Å². The molecule has 112 valence electrons. The Bertz CT molecular complexity index is 765. The molecule has 22 heavy (non-hydrogen) atoms. The minimum absolute atomic E-state index is 0.187. The van der Waals surface area contributed by atoms with Crippen LogP contribution in [0.3, 0.4) is 0 Å². The molecule has 1 aromatic heterocycles. The quantitative estimate of drug-likeness (QED) is 0.919. The fourth-order valence-corrected chi connectivity index (χ4v) is 3.27. The van der Waals surface area contributed by atoms with Crippen molar-refractivity contribution in [3.05, 3.63) is 47.9 Å². The molecule has 0 amide bonds. The predicted octanol–water partition coefficient (Wildman–Crippen LogP) is 2.16. The highest BCUT2D eigenvalue weighted by atomic mass is 16.5. The molecular formula is C16H16N4O2. The molecule has 2 aliphatic rings. The Morgan fingerprint density at radius 3 is 3.18 bits per heavy atom. The van der Waals surface area contributed by atoms with Crippen LogP contribution in [0.15, 0.2) is 42.4 Å². The number of carbonyl (C=O) groups is 1. The Hall–Kier alpha value is -2.63. The average molecular weight is 296 g/mol. The minimum atomic E-state index is -0.241. The normalized spacial score (nSPS) is 23.1. The maximum absolute atomic E-state index is 12.5. The van der Waals surface area contributed by atoms with Crippen molar-refractivity contribution in [2.75, 3.05) is 12.4 Å². The van der Waals surface area contributed by atoms with E-state index in [0.717, 1.165) is 23.4 Å². The number of aromatic nitrogens is 3. The molecule has 1 aliphatic carbocycles. The number of hydrogen-bond donors (Lipinski definition) is 1. The smallest absolute Gasteiger partial charge is 0.226 e. The van der Waals surface area contributed by atoms with Crippen LogP contribution in [0.4, 0.5) is 5.95 Å². The lowest BCUT2D eigenvalue weighted by molar-refractivity contribution is -0.123. The number of ketones is 1. The van der Waals surface area contributed by atoms with Crippen molar-refractivity contribution >= 4 is 11.7 Å². The number of fused-ring (bicyclic) bond motifs is 2. The van der Waals surface area contributed by atoms with Crippen LogP contribution in [0.25, 0.3) is 0 Å². The van der Waals surface area contributed by atoms with Crippen LogP contribution in [0.5, 0.6) is 5.75 Å². The van der Waals surface area contributed by atoms with Crippen molar-refractivity contribution < 1.29 is 9.53 Å². The molecule has 2 atom stereocenters. The topological polar surface area (TPSA) is 69.0 Å². The van der Waals surface area contributed by atoms with Crippen molar-refractivity contribution in [3.63, 3.8) is 0 Å². The van der Waals surface area contributed by atoms with Crippen LogP contribution in [0, 0.1) is 5.92 Å². The first-order chi connectivity index (χ1) is 10.8. The van der Waals surface area contributed by atoms with Gasteiger partial charge in [-0.15, -0.1) is 0 Å². The maximum Gasteiger partial charge on any atom is 0.226 e. The highest BCUT2D eigenvalue weighted by molar-refractivity contribution is 5.87. The molecule has 1 N–H and O–H groups in total. The van der Waals surface area contributed by atoms with Gasteiger partial charge in [0.1, 0.15) is 17.9 Å². The average Bonchev–Trinajstić information content (AvgIpc) is 3.01. The number of anilines is 1. The number of hydrogen-bond acceptors (Lipinski definition) is 5. The third-order valence-electron chi connectivity index (χ3n) is 4.28. The first-order valence-electron chi connectivity index (χ1n) is 7.31. The number of rotatable bonds is 2. The number of Topliss-reactive ketones (excluding diaryl/α,β-unsaturated/α-hetero) is 1. The van der Waals surface area contributed by atoms with E-state index in [1.165, 1.54) is 6.33 Å². The van der Waals surface area contributed by atoms with Crippen LogP contribution in [0.1, 0.15) is 24.4 Å². The van der Waals surface area contributed by atoms with Crippen molar-refractivity contribution in [1.82, 2.24) is 14.8 Å². The lowest BCUT2D eigenvalue weighted by atomic mass is 9.81. The van der Waals surface area contributed by atoms with Crippen LogP contribution >= 0.6 is 0 Å². The van der Waals surface area contributed by atoms with Crippen LogP contribution in [0.2, 0.25) is 0 Å². The first-order valence-corrected chi connectivity index (χ1v) is 7.31. The van der Waals surface area contributed by atoms with Crippen molar-refractivity contribution in [2.24, 2.45) is 5.92 Å². The van der Waals surface area contributed by atoms with Crippen molar-refractivity contribution in [3.8, 4) is 5.75 Å². The van der Waals surface area contributed by atoms with Gasteiger partial charge in [-0.1, -0.05) is 18.2 Å². The Balaban J connectivity index is 1.89. The second kappa shape index (κ2) is 4.98. The Morgan fingerprint density at radius 1 is 1.41 bits per heavy atom. The summed E-state index contributed by atoms with van der Waals surface area (Å²) in [5.41, 5.74) is 1.93. The number of allylic oxidation sites excluding steroid dienone is 2. The van der Waals surface area contributed by atoms with Gasteiger partial charge in [-0.25, -0.2) is 4.68 Å². The van der Waals surface area contributed by atoms with E-state index in [2.05, 4.69) is 21.5 Å². The second-order valence-electron chi connectivity index (χ2n) is 5.52. The summed E-state index contributed by atoms with van der Waals surface area (Å²) in [6.45, 7) is 0. The van der Waals surface area contributed by atoms with E-state index < -0.39 is 0 Å². The number of methoxy groups -OCH3 is 1. The summed E-state index contributed by atoms with van der Waals surface area (Å²) in [6.07, 6.45) is 4.95. The van der Waals surface area contributed by atoms with Gasteiger partial charge in [0.25, 0.3) is 0 Å². The molecule has 0 bridgehead atoms. The molecular weight excluding hydrogens is 280 g/mol. The predicted molar refractivity (Wildman–Crippen MR) is 80.6 cm³/mol. The van der Waals surface area contributed by atoms with Crippen molar-refractivity contribution in [1.29, 1.82) is 0 Å². The summed E-state index contributed by atoms with van der Waals surface area (Å²) in [7, 11) is 1.64. The minimum Gasteiger partial charge on any atom is -0.497 e. The third-order valence-corrected chi connectivity index (χ3v) is 4.28. The van der Waals surface area contributed by atoms with Crippen molar-refractivity contribution in [2.45, 2.75) is 18.9 Å². The van der Waals surface area contributed by atoms with Gasteiger partial charge in [-0.2, -0.15) is 10.1 Å². The molecule has 0 fully saturated rings. The zero-order valence-electron chi connectivity index (χ0n) is 12.2. The van der Waals surface area contributed by atoms with Gasteiger partial charge in [0.2, 0.25) is 5.95 Å². The van der Waals surface area contributed by atoms with Gasteiger partial charge in [-0.3, -0.25) is 4.79 Å². The number of benzene rings is 1. The Morgan fingerprint density at radius 2 is 2.32 bits per heavy atom. The van der Waals surface area contributed by atoms with Gasteiger partial charge in [0.05, 0.1) is 19.1 Å². The van der Waals surface area contributed by atoms with Gasteiger partial charge in [0.15, 0.2) is 0 Å². The van der Waals surface area contributed by atoms with Gasteiger partial charge in [0, 0.05) is 12.1 Å². The standard InChI is InChI=1S/C16H16N4O2/c1-22-11-5-2-4-10(8-11)15-14-12(6-3-7-13(14)21)19-16-17-9-18-20(15)16/h2,4-6,8-9,14-15H,3,7H2,1H3,(H,17,18,19). The summed E-state index contributed by atoms with van der Waals surface area (Å²) >= 11 is 0. The van der Waals surface area contributed by atoms with E-state index in [1.807, 2.05) is 24.3 Å². The number of nitrogens with one attached hydrogen (secondary N) is 1. The van der Waals surface area contributed by atoms with Gasteiger partial charge >= 0.3 is 0 Å². The monoisotopic (exact) mass is 296 g/mol. The zero-order valence-corrected chi connectivity index (χ0v) is 12.2. The highest BCUT2D eigenvalue weighted by Gasteiger charge is 2.41. The molecule has 0 saturated carbocycles. The Kier molecular flexibility index (Phi) is 2.96. The van der Waals surface area contributed by atoms with E-state index >= 15 is 0 Å². The molecule has 0 radical (unpaired) electrons. The largest absolute Gasteiger partial charge is 0.497 e. The molecule has 4 rings (SSSR count). The van der Waals surface area contributed by atoms with E-state index in [4.69, 9.17) is 4.74 Å². The summed E-state index contributed by atoms with van der Waals surface area (Å²) < 4.78 is 7.11. The summed E-state index contributed by atoms with van der Waals surface area (Å²) in [6, 6.07) is 7.60. The van der Waals surface area contributed by atoms with E-state index in [-0.39, 0.29) is 17.7 Å². The highest BCUT2D eigenvalue weighted by Crippen LogP contribution is 2.41. The summed E-state index contributed by atoms with van der Waals surface area (Å²) in [5, 5.41) is 7.55. The SMILES string of the molecule is COc1cccc(C2C3C(=O)CCC=C3Nc3ncnn32)c1. The summed E-state index contributed by atoms with van der Waals surface area (Å²) in [4.78, 5) is 16.8. The lowest BCUT2D eigenvalue weighted by Gasteiger charge is -2.36. The number of nitrogens with zero attached hydrogens (tertiary/aromatic N) is 3. The van der Waals surface area contributed by atoms with Crippen LogP contribution in [-0.4, -0.2) is 27.7 Å². The second-order valence-corrected chi connectivity index (χ2v) is 5.52. The molecule has 2 unspecified atom stereocenters. The Labute approximate surface area is 127 Å². The zero-order chi connectivity index (χ0) is 15.1. The van der Waals surface area contributed by atoms with E-state index in [9.17, 15) is 4.79 Å². The molecule has 6 nitrogen and oxygen atoms in total. The lowest BCUT2D eigenvalue weighted by Crippen LogP contribution is -2.38. The fourth-order valence-electron chi connectivity index (χ4n) is 3.27. The van der Waals surface area contributed by atoms with Gasteiger partial charge in [-0.05, 0) is 24.1 Å². The molecule has 0 spiro atoms. The van der Waals surface area contributed by atoms with E-state index in [1.54, 1.807) is 11.8 Å². The van der Waals surface area contributed by atoms with Crippen LogP contribution in [-0.2, 0) is 4.79 Å². The molecule has 0 saturated heterocycles.